The predicted molar refractivity (Wildman–Crippen MR) is 219 cm³/mol. The van der Waals surface area contributed by atoms with E-state index in [4.69, 9.17) is 18.9 Å². The molecule has 0 aromatic heterocycles. The molecule has 6 atom stereocenters. The van der Waals surface area contributed by atoms with Gasteiger partial charge in [0.2, 0.25) is 0 Å². The van der Waals surface area contributed by atoms with Crippen LogP contribution in [0.5, 0.6) is 0 Å². The van der Waals surface area contributed by atoms with Crippen molar-refractivity contribution in [2.24, 2.45) is 0 Å². The van der Waals surface area contributed by atoms with Crippen molar-refractivity contribution in [1.29, 1.82) is 0 Å². The number of esters is 2. The van der Waals surface area contributed by atoms with Crippen LogP contribution in [0.15, 0.2) is 85.1 Å². The van der Waals surface area contributed by atoms with E-state index >= 15 is 0 Å². The fraction of sp³-hybridized carbons (Fsp3) is 0.644. The van der Waals surface area contributed by atoms with E-state index in [-0.39, 0.29) is 26.1 Å². The lowest BCUT2D eigenvalue weighted by molar-refractivity contribution is -0.305. The molecule has 0 bridgehead atoms. The predicted octanol–water partition coefficient (Wildman–Crippen LogP) is 8.21. The van der Waals surface area contributed by atoms with E-state index in [1.165, 1.54) is 38.5 Å². The maximum Gasteiger partial charge on any atom is 0.306 e. The minimum Gasteiger partial charge on any atom is -0.462 e. The largest absolute Gasteiger partial charge is 0.462 e. The Morgan fingerprint density at radius 3 is 1.69 bits per heavy atom. The van der Waals surface area contributed by atoms with E-state index in [9.17, 15) is 30.0 Å². The Balaban J connectivity index is 2.46. The molecule has 1 heterocycles. The zero-order valence-corrected chi connectivity index (χ0v) is 33.6. The highest BCUT2D eigenvalue weighted by molar-refractivity contribution is 5.70. The fourth-order valence-corrected chi connectivity index (χ4v) is 5.51. The van der Waals surface area contributed by atoms with E-state index in [1.807, 2.05) is 18.2 Å². The van der Waals surface area contributed by atoms with Gasteiger partial charge in [-0.1, -0.05) is 131 Å². The van der Waals surface area contributed by atoms with Crippen molar-refractivity contribution in [3.8, 4) is 0 Å². The number of unbranched alkanes of at least 4 members (excludes halogenated alkanes) is 7. The van der Waals surface area contributed by atoms with Gasteiger partial charge in [0.05, 0.1) is 13.2 Å². The summed E-state index contributed by atoms with van der Waals surface area (Å²) >= 11 is 0. The van der Waals surface area contributed by atoms with E-state index in [2.05, 4.69) is 80.7 Å². The van der Waals surface area contributed by atoms with E-state index in [0.717, 1.165) is 44.9 Å². The topological polar surface area (TPSA) is 152 Å². The minimum atomic E-state index is -1.62. The molecular formula is C45H72O10. The molecule has 0 spiro atoms. The highest BCUT2D eigenvalue weighted by atomic mass is 16.7. The lowest BCUT2D eigenvalue weighted by Gasteiger charge is -2.39. The Morgan fingerprint density at radius 2 is 1.11 bits per heavy atom. The maximum atomic E-state index is 12.7. The molecule has 1 fully saturated rings. The Hall–Kier alpha value is -3.12. The van der Waals surface area contributed by atoms with Crippen LogP contribution in [0.1, 0.15) is 129 Å². The van der Waals surface area contributed by atoms with Gasteiger partial charge >= 0.3 is 11.9 Å². The summed E-state index contributed by atoms with van der Waals surface area (Å²) in [6.45, 7) is 3.15. The van der Waals surface area contributed by atoms with E-state index in [0.29, 0.717) is 19.3 Å². The van der Waals surface area contributed by atoms with E-state index < -0.39 is 55.4 Å². The van der Waals surface area contributed by atoms with Crippen molar-refractivity contribution in [3.63, 3.8) is 0 Å². The molecule has 1 aliphatic rings. The van der Waals surface area contributed by atoms with Gasteiger partial charge in [-0.3, -0.25) is 9.59 Å². The summed E-state index contributed by atoms with van der Waals surface area (Å²) in [5.74, 6) is -0.964. The monoisotopic (exact) mass is 773 g/mol. The first-order chi connectivity index (χ1) is 26.8. The second-order valence-electron chi connectivity index (χ2n) is 13.7. The molecule has 4 N–H and O–H groups in total. The maximum absolute atomic E-state index is 12.7. The van der Waals surface area contributed by atoms with Crippen molar-refractivity contribution in [2.45, 2.75) is 166 Å². The summed E-state index contributed by atoms with van der Waals surface area (Å²) in [7, 11) is 0. The first kappa shape index (κ1) is 49.9. The molecular weight excluding hydrogens is 700 g/mol. The molecule has 0 amide bonds. The normalized spacial score (nSPS) is 21.5. The van der Waals surface area contributed by atoms with Gasteiger partial charge in [-0.05, 0) is 70.6 Å². The van der Waals surface area contributed by atoms with Gasteiger partial charge in [-0.2, -0.15) is 0 Å². The van der Waals surface area contributed by atoms with Gasteiger partial charge in [-0.25, -0.2) is 0 Å². The molecule has 1 rings (SSSR count). The lowest BCUT2D eigenvalue weighted by Crippen LogP contribution is -2.59. The van der Waals surface area contributed by atoms with Crippen LogP contribution in [0.2, 0.25) is 0 Å². The van der Waals surface area contributed by atoms with Crippen LogP contribution in [0.25, 0.3) is 0 Å². The molecule has 55 heavy (non-hydrogen) atoms. The quantitative estimate of drug-likeness (QED) is 0.0299. The van der Waals surface area contributed by atoms with Gasteiger partial charge in [0.1, 0.15) is 31.0 Å². The average Bonchev–Trinajstić information content (AvgIpc) is 3.18. The van der Waals surface area contributed by atoms with Crippen LogP contribution >= 0.6 is 0 Å². The Labute approximate surface area is 331 Å². The van der Waals surface area contributed by atoms with Crippen molar-refractivity contribution in [1.82, 2.24) is 0 Å². The Bertz CT molecular complexity index is 1170. The molecule has 0 saturated carbocycles. The van der Waals surface area contributed by atoms with E-state index in [1.54, 1.807) is 0 Å². The summed E-state index contributed by atoms with van der Waals surface area (Å²) in [6.07, 6.45) is 37.6. The van der Waals surface area contributed by atoms with Crippen molar-refractivity contribution < 1.29 is 49.0 Å². The number of ether oxygens (including phenoxy) is 4. The van der Waals surface area contributed by atoms with Crippen LogP contribution < -0.4 is 0 Å². The molecule has 1 saturated heterocycles. The molecule has 0 radical (unpaired) electrons. The number of carbonyl (C=O) groups is 2. The summed E-state index contributed by atoms with van der Waals surface area (Å²) < 4.78 is 22.0. The van der Waals surface area contributed by atoms with Crippen LogP contribution in [-0.4, -0.2) is 89.0 Å². The number of hydrogen-bond donors (Lipinski definition) is 4. The third kappa shape index (κ3) is 27.2. The molecule has 312 valence electrons. The molecule has 10 heteroatoms. The molecule has 1 aliphatic heterocycles. The molecule has 10 nitrogen and oxygen atoms in total. The highest BCUT2D eigenvalue weighted by Gasteiger charge is 2.44. The highest BCUT2D eigenvalue weighted by Crippen LogP contribution is 2.22. The van der Waals surface area contributed by atoms with Crippen LogP contribution in [0.3, 0.4) is 0 Å². The number of hydrogen-bond acceptors (Lipinski definition) is 10. The van der Waals surface area contributed by atoms with Crippen LogP contribution in [-0.2, 0) is 28.5 Å². The Kier molecular flexibility index (Phi) is 32.0. The Morgan fingerprint density at radius 1 is 0.582 bits per heavy atom. The summed E-state index contributed by atoms with van der Waals surface area (Å²) in [4.78, 5) is 25.2. The third-order valence-corrected chi connectivity index (χ3v) is 8.78. The standard InChI is InChI=1S/C45H72O10/c1-3-5-7-9-11-13-15-17-18-19-20-22-23-25-27-29-31-33-40(47)52-36-38(37-53-45-44(51)43(50)42(49)39(35-46)55-45)54-41(48)34-32-30-28-26-24-21-16-14-12-10-8-6-4-2/h5,7,11,13,17-18,20-22,24-25,27-28,30,38-39,42-46,49-51H,3-4,6,8-10,12,14-16,19,23,26,29,31-37H2,1-2H3/b7-5+,13-11+,18-17+,22-20+,24-21+,27-25+,30-28+/t38?,39-,42+,43?,44?,45-/m0/s1. The minimum absolute atomic E-state index is 0.107. The number of rotatable bonds is 32. The first-order valence-electron chi connectivity index (χ1n) is 20.7. The SMILES string of the molecule is CC/C=C/C/C=C/C/C=C/C/C=C/C/C=C/CCCC(=O)OCC(CO[C@H]1O[C@@H](CO)[C@@H](O)C(O)C1O)OC(=O)CC/C=C/C/C=C/CCCCCCCC. The van der Waals surface area contributed by atoms with Crippen molar-refractivity contribution in [2.75, 3.05) is 19.8 Å². The smallest absolute Gasteiger partial charge is 0.306 e. The average molecular weight is 773 g/mol. The lowest BCUT2D eigenvalue weighted by atomic mass is 9.99. The second kappa shape index (κ2) is 35.3. The first-order valence-corrected chi connectivity index (χ1v) is 20.7. The number of carbonyl (C=O) groups excluding carboxylic acids is 2. The number of aliphatic hydroxyl groups excluding tert-OH is 4. The van der Waals surface area contributed by atoms with Crippen molar-refractivity contribution in [3.05, 3.63) is 85.1 Å². The summed E-state index contributed by atoms with van der Waals surface area (Å²) in [6, 6.07) is 0. The van der Waals surface area contributed by atoms with Gasteiger partial charge in [0.15, 0.2) is 12.4 Å². The van der Waals surface area contributed by atoms with Crippen molar-refractivity contribution >= 4 is 11.9 Å². The van der Waals surface area contributed by atoms with Gasteiger partial charge in [0, 0.05) is 12.8 Å². The van der Waals surface area contributed by atoms with Gasteiger partial charge in [0.25, 0.3) is 0 Å². The van der Waals surface area contributed by atoms with Crippen LogP contribution in [0, 0.1) is 0 Å². The molecule has 0 aliphatic carbocycles. The molecule has 0 aromatic rings. The summed E-state index contributed by atoms with van der Waals surface area (Å²) in [5, 5.41) is 40.0. The van der Waals surface area contributed by atoms with Gasteiger partial charge < -0.3 is 39.4 Å². The second-order valence-corrected chi connectivity index (χ2v) is 13.7. The van der Waals surface area contributed by atoms with Gasteiger partial charge in [-0.15, -0.1) is 0 Å². The third-order valence-electron chi connectivity index (χ3n) is 8.78. The van der Waals surface area contributed by atoms with Crippen LogP contribution in [0.4, 0.5) is 0 Å². The fourth-order valence-electron chi connectivity index (χ4n) is 5.51. The molecule has 0 aromatic carbocycles. The summed E-state index contributed by atoms with van der Waals surface area (Å²) in [5.41, 5.74) is 0. The number of allylic oxidation sites excluding steroid dienone is 14. The molecule has 3 unspecified atom stereocenters. The number of aliphatic hydroxyl groups is 4. The zero-order valence-electron chi connectivity index (χ0n) is 33.6. The zero-order chi connectivity index (χ0) is 40.2.